The highest BCUT2D eigenvalue weighted by Crippen LogP contribution is 2.25. The Hall–Kier alpha value is -1.10. The van der Waals surface area contributed by atoms with E-state index in [1.807, 2.05) is 34.6 Å². The summed E-state index contributed by atoms with van der Waals surface area (Å²) in [4.78, 5) is 27.2. The van der Waals surface area contributed by atoms with Gasteiger partial charge in [-0.05, 0) is 18.8 Å². The minimum absolute atomic E-state index is 0.0267. The van der Waals surface area contributed by atoms with Crippen LogP contribution in [0.4, 0.5) is 0 Å². The third-order valence-electron chi connectivity index (χ3n) is 4.67. The average molecular weight is 298 g/mol. The van der Waals surface area contributed by atoms with Crippen LogP contribution in [0.5, 0.6) is 0 Å². The molecule has 5 nitrogen and oxygen atoms in total. The van der Waals surface area contributed by atoms with Gasteiger partial charge in [0.15, 0.2) is 0 Å². The van der Waals surface area contributed by atoms with Gasteiger partial charge in [-0.3, -0.25) is 9.59 Å². The van der Waals surface area contributed by atoms with Gasteiger partial charge >= 0.3 is 0 Å². The van der Waals surface area contributed by atoms with E-state index in [4.69, 9.17) is 4.74 Å². The van der Waals surface area contributed by atoms with E-state index >= 15 is 0 Å². The van der Waals surface area contributed by atoms with Gasteiger partial charge in [0, 0.05) is 7.11 Å². The fraction of sp³-hybridized carbons (Fsp3) is 0.875. The number of carbonyl (C=O) groups is 2. The Labute approximate surface area is 128 Å². The summed E-state index contributed by atoms with van der Waals surface area (Å²) in [5.41, 5.74) is 0. The number of methoxy groups -OCH3 is 1. The lowest BCUT2D eigenvalue weighted by Crippen LogP contribution is -2.68. The van der Waals surface area contributed by atoms with Gasteiger partial charge in [0.25, 0.3) is 0 Å². The molecule has 1 aliphatic rings. The summed E-state index contributed by atoms with van der Waals surface area (Å²) >= 11 is 0. The topological polar surface area (TPSA) is 58.6 Å². The minimum Gasteiger partial charge on any atom is -0.383 e. The summed E-state index contributed by atoms with van der Waals surface area (Å²) in [5.74, 6) is 0.263. The molecule has 0 aromatic carbocycles. The van der Waals surface area contributed by atoms with Gasteiger partial charge in [0.2, 0.25) is 11.8 Å². The third kappa shape index (κ3) is 3.76. The number of rotatable bonds is 7. The highest BCUT2D eigenvalue weighted by Gasteiger charge is 2.45. The first-order chi connectivity index (χ1) is 9.88. The Morgan fingerprint density at radius 3 is 2.19 bits per heavy atom. The molecule has 0 bridgehead atoms. The molecule has 1 heterocycles. The first-order valence-electron chi connectivity index (χ1n) is 8.00. The van der Waals surface area contributed by atoms with Gasteiger partial charge in [-0.25, -0.2) is 0 Å². The highest BCUT2D eigenvalue weighted by molar-refractivity contribution is 5.97. The maximum atomic E-state index is 12.9. The monoisotopic (exact) mass is 298 g/mol. The van der Waals surface area contributed by atoms with E-state index in [0.29, 0.717) is 6.61 Å². The number of ether oxygens (including phenoxy) is 1. The number of amides is 2. The van der Waals surface area contributed by atoms with Gasteiger partial charge in [-0.15, -0.1) is 0 Å². The zero-order chi connectivity index (χ0) is 16.2. The van der Waals surface area contributed by atoms with Crippen molar-refractivity contribution in [2.45, 2.75) is 65.6 Å². The number of nitrogens with one attached hydrogen (secondary N) is 1. The van der Waals surface area contributed by atoms with Crippen molar-refractivity contribution in [2.24, 2.45) is 11.8 Å². The minimum atomic E-state index is -0.415. The highest BCUT2D eigenvalue weighted by atomic mass is 16.5. The number of nitrogens with zero attached hydrogens (tertiary/aromatic N) is 1. The molecule has 1 N–H and O–H groups in total. The Balaban J connectivity index is 3.10. The molecule has 0 saturated carbocycles. The molecule has 1 fully saturated rings. The molecule has 5 atom stereocenters. The molecule has 0 aliphatic carbocycles. The lowest BCUT2D eigenvalue weighted by Gasteiger charge is -2.45. The molecule has 1 rings (SSSR count). The quantitative estimate of drug-likeness (QED) is 0.780. The van der Waals surface area contributed by atoms with Crippen molar-refractivity contribution in [3.63, 3.8) is 0 Å². The smallest absolute Gasteiger partial charge is 0.246 e. The summed E-state index contributed by atoms with van der Waals surface area (Å²) < 4.78 is 5.20. The molecule has 2 amide bonds. The van der Waals surface area contributed by atoms with E-state index in [0.717, 1.165) is 12.8 Å². The zero-order valence-corrected chi connectivity index (χ0v) is 14.2. The van der Waals surface area contributed by atoms with Crippen LogP contribution < -0.4 is 5.32 Å². The van der Waals surface area contributed by atoms with Gasteiger partial charge in [-0.2, -0.15) is 0 Å². The summed E-state index contributed by atoms with van der Waals surface area (Å²) in [6.07, 6.45) is 1.72. The first kappa shape index (κ1) is 18.0. The molecule has 0 aromatic rings. The largest absolute Gasteiger partial charge is 0.383 e. The molecular weight excluding hydrogens is 268 g/mol. The van der Waals surface area contributed by atoms with Crippen LogP contribution in [0.3, 0.4) is 0 Å². The van der Waals surface area contributed by atoms with Crippen LogP contribution >= 0.6 is 0 Å². The van der Waals surface area contributed by atoms with Crippen molar-refractivity contribution < 1.29 is 14.3 Å². The van der Waals surface area contributed by atoms with Crippen molar-refractivity contribution in [2.75, 3.05) is 13.7 Å². The van der Waals surface area contributed by atoms with Crippen molar-refractivity contribution >= 4 is 11.8 Å². The molecule has 0 radical (unpaired) electrons. The Morgan fingerprint density at radius 2 is 1.71 bits per heavy atom. The van der Waals surface area contributed by atoms with Crippen LogP contribution in [0.25, 0.3) is 0 Å². The lowest BCUT2D eigenvalue weighted by molar-refractivity contribution is -0.156. The molecule has 0 aromatic heterocycles. The summed E-state index contributed by atoms with van der Waals surface area (Å²) in [6, 6.07) is -0.908. The number of hydrogen-bond acceptors (Lipinski definition) is 3. The van der Waals surface area contributed by atoms with E-state index in [9.17, 15) is 9.59 Å². The van der Waals surface area contributed by atoms with Gasteiger partial charge in [-0.1, -0.05) is 40.5 Å². The maximum absolute atomic E-state index is 12.9. The fourth-order valence-corrected chi connectivity index (χ4v) is 2.91. The fourth-order valence-electron chi connectivity index (χ4n) is 2.91. The van der Waals surface area contributed by atoms with E-state index in [-0.39, 0.29) is 29.7 Å². The van der Waals surface area contributed by atoms with Gasteiger partial charge in [0.05, 0.1) is 12.6 Å². The van der Waals surface area contributed by atoms with Gasteiger partial charge < -0.3 is 15.0 Å². The van der Waals surface area contributed by atoms with Crippen LogP contribution in [0.15, 0.2) is 0 Å². The predicted molar refractivity (Wildman–Crippen MR) is 82.8 cm³/mol. The normalized spacial score (nSPS) is 27.2. The molecule has 1 aliphatic heterocycles. The van der Waals surface area contributed by atoms with Crippen LogP contribution in [0.2, 0.25) is 0 Å². The standard InChI is InChI=1S/C16H30N2O3/c1-7-10(3)13-16(20)18(12(5)9-21-6)14(11(4)8-2)15(19)17-13/h10-14H,7-9H2,1-6H3,(H,17,19). The summed E-state index contributed by atoms with van der Waals surface area (Å²) in [7, 11) is 1.62. The second-order valence-corrected chi connectivity index (χ2v) is 6.25. The maximum Gasteiger partial charge on any atom is 0.246 e. The molecule has 122 valence electrons. The van der Waals surface area contributed by atoms with Gasteiger partial charge in [0.1, 0.15) is 12.1 Å². The molecule has 21 heavy (non-hydrogen) atoms. The molecule has 5 unspecified atom stereocenters. The Bertz CT molecular complexity index is 373. The second kappa shape index (κ2) is 7.78. The van der Waals surface area contributed by atoms with E-state index in [1.54, 1.807) is 12.0 Å². The molecule has 1 saturated heterocycles. The van der Waals surface area contributed by atoms with Crippen molar-refractivity contribution in [1.29, 1.82) is 0 Å². The SMILES string of the molecule is CCC(C)C1NC(=O)C(C(C)CC)N(C(C)COC)C1=O. The van der Waals surface area contributed by atoms with Crippen molar-refractivity contribution in [3.05, 3.63) is 0 Å². The average Bonchev–Trinajstić information content (AvgIpc) is 2.47. The Kier molecular flexibility index (Phi) is 6.65. The molecule has 5 heteroatoms. The number of carbonyl (C=O) groups excluding carboxylic acids is 2. The van der Waals surface area contributed by atoms with Crippen LogP contribution in [-0.2, 0) is 14.3 Å². The molecule has 0 spiro atoms. The van der Waals surface area contributed by atoms with E-state index < -0.39 is 12.1 Å². The summed E-state index contributed by atoms with van der Waals surface area (Å²) in [5, 5.41) is 2.94. The predicted octanol–water partition coefficient (Wildman–Crippen LogP) is 1.81. The molecular formula is C16H30N2O3. The van der Waals surface area contributed by atoms with Crippen LogP contribution in [0.1, 0.15) is 47.5 Å². The van der Waals surface area contributed by atoms with Crippen molar-refractivity contribution in [1.82, 2.24) is 10.2 Å². The lowest BCUT2D eigenvalue weighted by atomic mass is 9.88. The Morgan fingerprint density at radius 1 is 1.14 bits per heavy atom. The van der Waals surface area contributed by atoms with E-state index in [1.165, 1.54) is 0 Å². The third-order valence-corrected chi connectivity index (χ3v) is 4.67. The van der Waals surface area contributed by atoms with E-state index in [2.05, 4.69) is 5.32 Å². The summed E-state index contributed by atoms with van der Waals surface area (Å²) in [6.45, 7) is 10.5. The zero-order valence-electron chi connectivity index (χ0n) is 14.2. The van der Waals surface area contributed by atoms with Crippen LogP contribution in [-0.4, -0.2) is 48.6 Å². The second-order valence-electron chi connectivity index (χ2n) is 6.25. The number of hydrogen-bond donors (Lipinski definition) is 1. The van der Waals surface area contributed by atoms with Crippen LogP contribution in [0, 0.1) is 11.8 Å². The van der Waals surface area contributed by atoms with Crippen molar-refractivity contribution in [3.8, 4) is 0 Å². The number of piperazine rings is 1. The first-order valence-corrected chi connectivity index (χ1v) is 8.00.